The Hall–Kier alpha value is -1.22. The Morgan fingerprint density at radius 3 is 2.80 bits per heavy atom. The molecule has 2 heterocycles. The summed E-state index contributed by atoms with van der Waals surface area (Å²) < 4.78 is 12.4. The minimum absolute atomic E-state index is 0.261. The van der Waals surface area contributed by atoms with Crippen molar-refractivity contribution in [2.45, 2.75) is 70.9 Å². The quantitative estimate of drug-likeness (QED) is 0.759. The minimum Gasteiger partial charge on any atom is -0.491 e. The minimum atomic E-state index is 0.261. The van der Waals surface area contributed by atoms with Crippen molar-refractivity contribution in [2.75, 3.05) is 18.5 Å². The van der Waals surface area contributed by atoms with Gasteiger partial charge in [0.05, 0.1) is 18.4 Å². The maximum atomic E-state index is 6.21. The zero-order valence-electron chi connectivity index (χ0n) is 15.8. The van der Waals surface area contributed by atoms with Crippen LogP contribution in [0, 0.1) is 17.8 Å². The van der Waals surface area contributed by atoms with E-state index in [0.717, 1.165) is 31.3 Å². The molecule has 1 N–H and O–H groups in total. The Bertz CT molecular complexity index is 579. The van der Waals surface area contributed by atoms with E-state index >= 15 is 0 Å². The third-order valence-electron chi connectivity index (χ3n) is 6.39. The van der Waals surface area contributed by atoms with Gasteiger partial charge in [-0.3, -0.25) is 0 Å². The maximum Gasteiger partial charge on any atom is 0.142 e. The summed E-state index contributed by atoms with van der Waals surface area (Å²) >= 11 is 0. The third kappa shape index (κ3) is 3.53. The molecule has 0 bridgehead atoms. The standard InChI is InChI=1S/C22H33NO2/c1-15(2)11-13-24-19-10-6-9-17-21(19)23-20(16-7-4-3-5-8-16)18-12-14-25-22(17)18/h6,9-10,15-16,18,20,22-23H,3-5,7-8,11-14H2,1-2H3. The Labute approximate surface area is 152 Å². The van der Waals surface area contributed by atoms with Crippen molar-refractivity contribution in [3.8, 4) is 5.75 Å². The summed E-state index contributed by atoms with van der Waals surface area (Å²) in [6.45, 7) is 6.19. The predicted octanol–water partition coefficient (Wildman–Crippen LogP) is 5.56. The average molecular weight is 344 g/mol. The first-order chi connectivity index (χ1) is 12.2. The normalized spacial score (nSPS) is 29.2. The molecule has 3 atom stereocenters. The van der Waals surface area contributed by atoms with Crippen LogP contribution in [0.25, 0.3) is 0 Å². The largest absolute Gasteiger partial charge is 0.491 e. The number of ether oxygens (including phenoxy) is 2. The molecule has 2 aliphatic heterocycles. The van der Waals surface area contributed by atoms with E-state index < -0.39 is 0 Å². The fourth-order valence-electron chi connectivity index (χ4n) is 4.99. The first kappa shape index (κ1) is 17.2. The molecular formula is C22H33NO2. The molecule has 25 heavy (non-hydrogen) atoms. The van der Waals surface area contributed by atoms with Gasteiger partial charge in [0.2, 0.25) is 0 Å². The van der Waals surface area contributed by atoms with Gasteiger partial charge >= 0.3 is 0 Å². The molecule has 2 fully saturated rings. The molecule has 3 unspecified atom stereocenters. The molecule has 4 rings (SSSR count). The number of benzene rings is 1. The van der Waals surface area contributed by atoms with Crippen LogP contribution < -0.4 is 10.1 Å². The lowest BCUT2D eigenvalue weighted by molar-refractivity contribution is 0.0728. The number of anilines is 1. The van der Waals surface area contributed by atoms with Crippen molar-refractivity contribution in [1.82, 2.24) is 0 Å². The van der Waals surface area contributed by atoms with Crippen LogP contribution in [0.5, 0.6) is 5.75 Å². The van der Waals surface area contributed by atoms with E-state index in [1.807, 2.05) is 0 Å². The highest BCUT2D eigenvalue weighted by Crippen LogP contribution is 2.50. The van der Waals surface area contributed by atoms with E-state index in [9.17, 15) is 0 Å². The van der Waals surface area contributed by atoms with Crippen LogP contribution in [-0.4, -0.2) is 19.3 Å². The highest BCUT2D eigenvalue weighted by molar-refractivity contribution is 5.65. The summed E-state index contributed by atoms with van der Waals surface area (Å²) in [5.41, 5.74) is 2.53. The monoisotopic (exact) mass is 343 g/mol. The van der Waals surface area contributed by atoms with Crippen LogP contribution in [0.4, 0.5) is 5.69 Å². The van der Waals surface area contributed by atoms with Gasteiger partial charge in [-0.2, -0.15) is 0 Å². The summed E-state index contributed by atoms with van der Waals surface area (Å²) in [5.74, 6) is 3.11. The Kier molecular flexibility index (Phi) is 5.21. The summed E-state index contributed by atoms with van der Waals surface area (Å²) in [6.07, 6.45) is 9.47. The van der Waals surface area contributed by atoms with Crippen LogP contribution >= 0.6 is 0 Å². The first-order valence-corrected chi connectivity index (χ1v) is 10.4. The predicted molar refractivity (Wildman–Crippen MR) is 102 cm³/mol. The van der Waals surface area contributed by atoms with Crippen molar-refractivity contribution in [3.05, 3.63) is 23.8 Å². The molecule has 0 aromatic heterocycles. The summed E-state index contributed by atoms with van der Waals surface area (Å²) in [5, 5.41) is 3.94. The van der Waals surface area contributed by atoms with Crippen molar-refractivity contribution < 1.29 is 9.47 Å². The highest BCUT2D eigenvalue weighted by Gasteiger charge is 2.44. The lowest BCUT2D eigenvalue weighted by atomic mass is 9.73. The van der Waals surface area contributed by atoms with E-state index in [2.05, 4.69) is 37.4 Å². The molecule has 3 heteroatoms. The second-order valence-corrected chi connectivity index (χ2v) is 8.56. The molecule has 1 saturated carbocycles. The third-order valence-corrected chi connectivity index (χ3v) is 6.39. The smallest absolute Gasteiger partial charge is 0.142 e. The van der Waals surface area contributed by atoms with E-state index in [0.29, 0.717) is 17.9 Å². The lowest BCUT2D eigenvalue weighted by Gasteiger charge is -2.42. The van der Waals surface area contributed by atoms with E-state index in [1.165, 1.54) is 49.8 Å². The zero-order valence-corrected chi connectivity index (χ0v) is 15.8. The van der Waals surface area contributed by atoms with Gasteiger partial charge < -0.3 is 14.8 Å². The summed E-state index contributed by atoms with van der Waals surface area (Å²) in [6, 6.07) is 7.04. The van der Waals surface area contributed by atoms with Crippen LogP contribution in [-0.2, 0) is 4.74 Å². The van der Waals surface area contributed by atoms with Crippen molar-refractivity contribution in [1.29, 1.82) is 0 Å². The van der Waals surface area contributed by atoms with Gasteiger partial charge in [-0.25, -0.2) is 0 Å². The molecule has 1 aliphatic carbocycles. The summed E-state index contributed by atoms with van der Waals surface area (Å²) in [4.78, 5) is 0. The van der Waals surface area contributed by atoms with Crippen LogP contribution in [0.1, 0.15) is 70.5 Å². The molecule has 3 aliphatic rings. The molecular weight excluding hydrogens is 310 g/mol. The van der Waals surface area contributed by atoms with Gasteiger partial charge in [-0.05, 0) is 43.6 Å². The van der Waals surface area contributed by atoms with E-state index in [1.54, 1.807) is 0 Å². The lowest BCUT2D eigenvalue weighted by Crippen LogP contribution is -2.42. The number of nitrogens with one attached hydrogen (secondary N) is 1. The number of hydrogen-bond donors (Lipinski definition) is 1. The molecule has 1 aromatic carbocycles. The molecule has 1 aromatic rings. The van der Waals surface area contributed by atoms with Gasteiger partial charge in [0.15, 0.2) is 0 Å². The van der Waals surface area contributed by atoms with Gasteiger partial charge in [-0.15, -0.1) is 0 Å². The average Bonchev–Trinajstić information content (AvgIpc) is 3.12. The van der Waals surface area contributed by atoms with Crippen molar-refractivity contribution in [3.63, 3.8) is 0 Å². The molecule has 0 amide bonds. The molecule has 1 saturated heterocycles. The van der Waals surface area contributed by atoms with E-state index in [4.69, 9.17) is 9.47 Å². The van der Waals surface area contributed by atoms with Crippen LogP contribution in [0.3, 0.4) is 0 Å². The maximum absolute atomic E-state index is 6.21. The topological polar surface area (TPSA) is 30.5 Å². The fraction of sp³-hybridized carbons (Fsp3) is 0.727. The van der Waals surface area contributed by atoms with Gasteiger partial charge in [0, 0.05) is 24.1 Å². The Balaban J connectivity index is 1.58. The van der Waals surface area contributed by atoms with Crippen LogP contribution in [0.2, 0.25) is 0 Å². The van der Waals surface area contributed by atoms with Gasteiger partial charge in [0.25, 0.3) is 0 Å². The second kappa shape index (κ2) is 7.57. The van der Waals surface area contributed by atoms with E-state index in [-0.39, 0.29) is 6.10 Å². The Morgan fingerprint density at radius 1 is 1.16 bits per heavy atom. The van der Waals surface area contributed by atoms with Gasteiger partial charge in [-0.1, -0.05) is 45.2 Å². The van der Waals surface area contributed by atoms with Crippen molar-refractivity contribution >= 4 is 5.69 Å². The number of rotatable bonds is 5. The molecule has 3 nitrogen and oxygen atoms in total. The first-order valence-electron chi connectivity index (χ1n) is 10.4. The van der Waals surface area contributed by atoms with Crippen molar-refractivity contribution in [2.24, 2.45) is 17.8 Å². The molecule has 0 radical (unpaired) electrons. The number of fused-ring (bicyclic) bond motifs is 3. The zero-order chi connectivity index (χ0) is 17.2. The fourth-order valence-corrected chi connectivity index (χ4v) is 4.99. The number of para-hydroxylation sites is 1. The number of hydrogen-bond acceptors (Lipinski definition) is 3. The van der Waals surface area contributed by atoms with Crippen LogP contribution in [0.15, 0.2) is 18.2 Å². The molecule has 138 valence electrons. The van der Waals surface area contributed by atoms with Gasteiger partial charge in [0.1, 0.15) is 5.75 Å². The Morgan fingerprint density at radius 2 is 2.00 bits per heavy atom. The second-order valence-electron chi connectivity index (χ2n) is 8.56. The highest BCUT2D eigenvalue weighted by atomic mass is 16.5. The molecule has 0 spiro atoms. The SMILES string of the molecule is CC(C)CCOc1cccc2c1NC(C1CCCCC1)C1CCOC21. The summed E-state index contributed by atoms with van der Waals surface area (Å²) in [7, 11) is 0.